The van der Waals surface area contributed by atoms with Crippen molar-refractivity contribution in [2.24, 2.45) is 85.8 Å². The molecule has 0 aliphatic heterocycles. The third-order valence-corrected chi connectivity index (χ3v) is 25.1. The van der Waals surface area contributed by atoms with Gasteiger partial charge in [-0.3, -0.25) is 33.6 Å². The van der Waals surface area contributed by atoms with Gasteiger partial charge in [-0.1, -0.05) is 76.5 Å². The highest BCUT2D eigenvalue weighted by Crippen LogP contribution is 2.72. The Hall–Kier alpha value is -4.26. The summed E-state index contributed by atoms with van der Waals surface area (Å²) in [4.78, 5) is 85.9. The molecule has 0 aromatic carbocycles. The summed E-state index contributed by atoms with van der Waals surface area (Å²) in [5.74, 6) is -2.94. The van der Waals surface area contributed by atoms with Crippen LogP contribution in [0.3, 0.4) is 0 Å². The zero-order valence-corrected chi connectivity index (χ0v) is 47.4. The normalized spacial score (nSPS) is 49.9. The molecule has 21 atom stereocenters. The van der Waals surface area contributed by atoms with Crippen molar-refractivity contribution in [1.29, 1.82) is 0 Å². The topological polar surface area (TPSA) is 281 Å². The number of allylic oxidation sites excluding steroid dienone is 12. The zero-order valence-electron chi connectivity index (χ0n) is 47.4. The molecule has 8 N–H and O–H groups in total. The summed E-state index contributed by atoms with van der Waals surface area (Å²) in [6.07, 6.45) is 19.9. The highest BCUT2D eigenvalue weighted by molar-refractivity contribution is 6.03. The molecule has 9 fully saturated rings. The number of hydrogen-bond donors (Lipinski definition) is 8. The Morgan fingerprint density at radius 2 is 1.06 bits per heavy atom. The van der Waals surface area contributed by atoms with Crippen molar-refractivity contribution < 1.29 is 78.8 Å². The molecule has 0 unspecified atom stereocenters. The first-order valence-corrected chi connectivity index (χ1v) is 29.3. The summed E-state index contributed by atoms with van der Waals surface area (Å²) >= 11 is 0. The second-order valence-corrected chi connectivity index (χ2v) is 28.0. The van der Waals surface area contributed by atoms with Crippen LogP contribution in [0.1, 0.15) is 138 Å². The van der Waals surface area contributed by atoms with E-state index in [0.717, 1.165) is 43.3 Å². The van der Waals surface area contributed by atoms with Crippen molar-refractivity contribution >= 4 is 40.5 Å². The van der Waals surface area contributed by atoms with Crippen LogP contribution < -0.4 is 0 Å². The molecule has 0 amide bonds. The molecular formula is C64H83FO15. The maximum absolute atomic E-state index is 16.9. The molecule has 0 bridgehead atoms. The molecule has 436 valence electrons. The Labute approximate surface area is 467 Å². The second kappa shape index (κ2) is 19.4. The summed E-state index contributed by atoms with van der Waals surface area (Å²) in [5.41, 5.74) is -8.57. The number of aliphatic hydroxyl groups excluding tert-OH is 5. The van der Waals surface area contributed by atoms with Gasteiger partial charge in [0.15, 0.2) is 40.4 Å². The molecule has 0 heterocycles. The maximum atomic E-state index is 16.9. The van der Waals surface area contributed by atoms with Crippen LogP contribution >= 0.6 is 0 Å². The Morgan fingerprint density at radius 3 is 1.64 bits per heavy atom. The molecule has 0 spiro atoms. The number of aliphatic hydroxyl groups is 8. The smallest absolute Gasteiger partial charge is 0.190 e. The average Bonchev–Trinajstić information content (AvgIpc) is 4.13. The minimum absolute atomic E-state index is 0.00912. The van der Waals surface area contributed by atoms with Crippen molar-refractivity contribution in [3.05, 3.63) is 71.4 Å². The number of Topliss-reactive ketones (excluding diaryl/α,β-unsaturated/α-hetero) is 4. The van der Waals surface area contributed by atoms with E-state index in [1.165, 1.54) is 12.2 Å². The largest absolute Gasteiger partial charge is 0.393 e. The molecular weight excluding hydrogens is 1030 g/mol. The molecule has 12 aliphatic carbocycles. The molecule has 0 aromatic heterocycles. The third-order valence-electron chi connectivity index (χ3n) is 25.1. The van der Waals surface area contributed by atoms with Crippen LogP contribution in [0.5, 0.6) is 0 Å². The van der Waals surface area contributed by atoms with E-state index in [1.54, 1.807) is 51.2 Å². The Morgan fingerprint density at radius 1 is 0.575 bits per heavy atom. The van der Waals surface area contributed by atoms with Crippen LogP contribution in [0.25, 0.3) is 0 Å². The van der Waals surface area contributed by atoms with Gasteiger partial charge in [0.1, 0.15) is 42.4 Å². The molecule has 9 saturated carbocycles. The number of carbonyl (C=O) groups is 7. The Balaban J connectivity index is 0.000000135. The van der Waals surface area contributed by atoms with Crippen LogP contribution in [0.15, 0.2) is 71.4 Å². The van der Waals surface area contributed by atoms with Gasteiger partial charge in [0.2, 0.25) is 0 Å². The first-order valence-electron chi connectivity index (χ1n) is 29.3. The average molecular weight is 1110 g/mol. The maximum Gasteiger partial charge on any atom is 0.190 e. The van der Waals surface area contributed by atoms with Gasteiger partial charge in [-0.15, -0.1) is 0 Å². The summed E-state index contributed by atoms with van der Waals surface area (Å²) in [5, 5.41) is 84.1. The van der Waals surface area contributed by atoms with Crippen molar-refractivity contribution in [3.8, 4) is 0 Å². The van der Waals surface area contributed by atoms with Gasteiger partial charge in [-0.05, 0) is 162 Å². The van der Waals surface area contributed by atoms with Crippen molar-refractivity contribution in [2.75, 3.05) is 19.8 Å². The van der Waals surface area contributed by atoms with E-state index in [2.05, 4.69) is 6.92 Å². The molecule has 16 heteroatoms. The van der Waals surface area contributed by atoms with E-state index in [-0.39, 0.29) is 82.8 Å². The van der Waals surface area contributed by atoms with Gasteiger partial charge < -0.3 is 40.9 Å². The molecule has 15 nitrogen and oxygen atoms in total. The fourth-order valence-electron chi connectivity index (χ4n) is 20.8. The van der Waals surface area contributed by atoms with E-state index in [9.17, 15) is 74.4 Å². The Kier molecular flexibility index (Phi) is 14.3. The number of ketones is 7. The molecule has 0 radical (unpaired) electrons. The van der Waals surface area contributed by atoms with Crippen LogP contribution in [0, 0.1) is 85.8 Å². The van der Waals surface area contributed by atoms with Gasteiger partial charge in [0.25, 0.3) is 0 Å². The van der Waals surface area contributed by atoms with E-state index < -0.39 is 111 Å². The monoisotopic (exact) mass is 1110 g/mol. The summed E-state index contributed by atoms with van der Waals surface area (Å²) in [6.45, 7) is 11.0. The molecule has 80 heavy (non-hydrogen) atoms. The van der Waals surface area contributed by atoms with E-state index in [0.29, 0.717) is 50.5 Å². The van der Waals surface area contributed by atoms with Gasteiger partial charge >= 0.3 is 0 Å². The lowest BCUT2D eigenvalue weighted by atomic mass is 9.44. The zero-order chi connectivity index (χ0) is 58.5. The number of halogens is 1. The molecule has 12 aliphatic rings. The van der Waals surface area contributed by atoms with E-state index in [4.69, 9.17) is 0 Å². The van der Waals surface area contributed by atoms with E-state index in [1.807, 2.05) is 32.9 Å². The number of carbonyl (C=O) groups excluding carboxylic acids is 7. The second-order valence-electron chi connectivity index (χ2n) is 28.0. The summed E-state index contributed by atoms with van der Waals surface area (Å²) < 4.78 is 16.9. The van der Waals surface area contributed by atoms with E-state index >= 15 is 4.39 Å². The Bertz CT molecular complexity index is 2900. The lowest BCUT2D eigenvalue weighted by Crippen LogP contribution is -2.69. The van der Waals surface area contributed by atoms with Gasteiger partial charge in [0.05, 0.1) is 12.2 Å². The van der Waals surface area contributed by atoms with Gasteiger partial charge in [0, 0.05) is 56.7 Å². The van der Waals surface area contributed by atoms with Crippen LogP contribution in [-0.2, 0) is 33.6 Å². The summed E-state index contributed by atoms with van der Waals surface area (Å²) in [7, 11) is 0. The third kappa shape index (κ3) is 7.66. The van der Waals surface area contributed by atoms with Crippen molar-refractivity contribution in [1.82, 2.24) is 0 Å². The first-order chi connectivity index (χ1) is 37.3. The lowest BCUT2D eigenvalue weighted by molar-refractivity contribution is -0.219. The number of rotatable bonds is 6. The van der Waals surface area contributed by atoms with Crippen LogP contribution in [0.2, 0.25) is 0 Å². The number of fused-ring (bicyclic) bond motifs is 15. The standard InChI is InChI=1S/C22H29FO5.C21H28O5.C21H26O5/c1-12-8-16-15-5-4-13-9-14(25)6-7-19(13,2)21(15,23)17(26)10-20(16,3)22(12,28)18(27)11-24;2*1-19-7-5-13(23)9-12(19)3-4-14-15-6-8-21(26,17(25)11-22)20(15,2)10-16(24)18(14)19/h6-7,9,12,15-17,24,26,28H,4-5,8,10-11H2,1-3H3;5,7,9,14-16,18,22,24,26H,3-4,6,8,10-11H2,1-2H3;5,7,9,14-15,18,22,26H,3-4,6,8,10-11H2,1-2H3/t12-,15+,16+,17+,19+,20+,21+,22+;14-,15-,16-,18+,19-,20-,21-;14-,15-,18+,19-,20-,21-/m100/s1. The van der Waals surface area contributed by atoms with Gasteiger partial charge in [-0.2, -0.15) is 0 Å². The predicted octanol–water partition coefficient (Wildman–Crippen LogP) is 5.22. The fraction of sp³-hybridized carbons (Fsp3) is 0.703. The highest BCUT2D eigenvalue weighted by atomic mass is 19.1. The quantitative estimate of drug-likeness (QED) is 0.169. The number of hydrogen-bond acceptors (Lipinski definition) is 15. The minimum Gasteiger partial charge on any atom is -0.393 e. The first kappa shape index (κ1) is 58.9. The fourth-order valence-corrected chi connectivity index (χ4v) is 20.8. The molecule has 0 aromatic rings. The van der Waals surface area contributed by atoms with Crippen LogP contribution in [0.4, 0.5) is 4.39 Å². The molecule has 12 rings (SSSR count). The lowest BCUT2D eigenvalue weighted by Gasteiger charge is -2.62. The number of alkyl halides is 1. The minimum atomic E-state index is -1.98. The summed E-state index contributed by atoms with van der Waals surface area (Å²) in [6, 6.07) is 0. The molecule has 0 saturated heterocycles. The highest BCUT2D eigenvalue weighted by Gasteiger charge is 2.76. The van der Waals surface area contributed by atoms with Crippen molar-refractivity contribution in [3.63, 3.8) is 0 Å². The van der Waals surface area contributed by atoms with Crippen molar-refractivity contribution in [2.45, 2.75) is 173 Å². The van der Waals surface area contributed by atoms with Crippen LogP contribution in [-0.4, -0.2) is 136 Å². The predicted molar refractivity (Wildman–Crippen MR) is 289 cm³/mol. The SMILES string of the molecule is C[C@@H]1C[C@H]2[C@@H]3CCC4=CC(=O)C=C[C@]4(C)[C@@]3(F)[C@@H](O)C[C@]2(C)[C@@]1(O)C(=O)CO.C[C@]12C=CC(=O)C=C1CC[C@@H]1[C@@H]2C(=O)C[C@@]2(C)[C@H]1CC[C@]2(O)C(=O)CO.C[C@]12C=CC(=O)C=C1CC[C@@H]1[C@@H]2[C@@H](O)C[C@@]2(C)[C@H]1CC[C@]2(O)C(=O)CO. The van der Waals surface area contributed by atoms with Gasteiger partial charge in [-0.25, -0.2) is 4.39 Å².